The Morgan fingerprint density at radius 3 is 3.20 bits per heavy atom. The fourth-order valence-corrected chi connectivity index (χ4v) is 2.89. The lowest BCUT2D eigenvalue weighted by atomic mass is 10.2. The van der Waals surface area contributed by atoms with Gasteiger partial charge in [-0.25, -0.2) is 0 Å². The van der Waals surface area contributed by atoms with E-state index in [2.05, 4.69) is 15.1 Å². The van der Waals surface area contributed by atoms with Crippen molar-refractivity contribution in [3.63, 3.8) is 0 Å². The van der Waals surface area contributed by atoms with Gasteiger partial charge in [0.25, 0.3) is 0 Å². The maximum Gasteiger partial charge on any atom is 0.234 e. The van der Waals surface area contributed by atoms with Gasteiger partial charge in [0.15, 0.2) is 0 Å². The highest BCUT2D eigenvalue weighted by Gasteiger charge is 2.30. The van der Waals surface area contributed by atoms with Gasteiger partial charge >= 0.3 is 0 Å². The van der Waals surface area contributed by atoms with E-state index in [4.69, 9.17) is 4.52 Å². The first-order chi connectivity index (χ1) is 9.79. The summed E-state index contributed by atoms with van der Waals surface area (Å²) in [6, 6.07) is 3.96. The molecule has 0 radical (unpaired) electrons. The summed E-state index contributed by atoms with van der Waals surface area (Å²) in [5, 5.41) is 5.93. The molecule has 0 spiro atoms. The molecule has 0 amide bonds. The Morgan fingerprint density at radius 2 is 2.35 bits per heavy atom. The highest BCUT2D eigenvalue weighted by Crippen LogP contribution is 2.31. The number of carbonyl (C=O) groups excluding carboxylic acids is 1. The van der Waals surface area contributed by atoms with Crippen LogP contribution in [0.4, 0.5) is 0 Å². The van der Waals surface area contributed by atoms with Crippen LogP contribution in [0, 0.1) is 5.92 Å². The molecule has 1 saturated carbocycles. The number of carbonyl (C=O) groups is 1. The maximum atomic E-state index is 11.7. The van der Waals surface area contributed by atoms with Gasteiger partial charge in [0, 0.05) is 17.7 Å². The Kier molecular flexibility index (Phi) is 2.63. The van der Waals surface area contributed by atoms with Crippen LogP contribution in [-0.4, -0.2) is 20.9 Å². The van der Waals surface area contributed by atoms with Crippen molar-refractivity contribution in [3.05, 3.63) is 29.6 Å². The predicted octanol–water partition coefficient (Wildman–Crippen LogP) is 2.87. The Morgan fingerprint density at radius 1 is 1.45 bits per heavy atom. The zero-order chi connectivity index (χ0) is 13.5. The highest BCUT2D eigenvalue weighted by atomic mass is 32.1. The summed E-state index contributed by atoms with van der Waals surface area (Å²) in [6.07, 6.45) is 3.97. The number of rotatable bonds is 4. The second-order valence-corrected chi connectivity index (χ2v) is 5.90. The van der Waals surface area contributed by atoms with E-state index in [-0.39, 0.29) is 18.1 Å². The average Bonchev–Trinajstić information content (AvgIpc) is 3.03. The lowest BCUT2D eigenvalue weighted by Crippen LogP contribution is -2.04. The molecular weight excluding hydrogens is 274 g/mol. The van der Waals surface area contributed by atoms with Crippen molar-refractivity contribution >= 4 is 27.3 Å². The summed E-state index contributed by atoms with van der Waals surface area (Å²) in [6.45, 7) is 0. The molecule has 1 aliphatic rings. The zero-order valence-electron chi connectivity index (χ0n) is 10.6. The fraction of sp³-hybridized carbons (Fsp3) is 0.286. The minimum atomic E-state index is 0.201. The van der Waals surface area contributed by atoms with Crippen molar-refractivity contribution in [2.24, 2.45) is 5.92 Å². The van der Waals surface area contributed by atoms with Gasteiger partial charge in [-0.3, -0.25) is 9.78 Å². The molecule has 1 fully saturated rings. The molecule has 0 aliphatic heterocycles. The van der Waals surface area contributed by atoms with Crippen LogP contribution in [0.5, 0.6) is 0 Å². The first-order valence-corrected chi connectivity index (χ1v) is 7.36. The van der Waals surface area contributed by atoms with Crippen LogP contribution < -0.4 is 0 Å². The van der Waals surface area contributed by atoms with Gasteiger partial charge in [0.2, 0.25) is 11.7 Å². The third-order valence-corrected chi connectivity index (χ3v) is 4.24. The van der Waals surface area contributed by atoms with Crippen LogP contribution >= 0.6 is 11.3 Å². The normalized spacial score (nSPS) is 14.8. The summed E-state index contributed by atoms with van der Waals surface area (Å²) in [7, 11) is 0. The third-order valence-electron chi connectivity index (χ3n) is 3.39. The zero-order valence-corrected chi connectivity index (χ0v) is 11.4. The van der Waals surface area contributed by atoms with Crippen LogP contribution in [0.15, 0.2) is 28.2 Å². The van der Waals surface area contributed by atoms with E-state index >= 15 is 0 Å². The van der Waals surface area contributed by atoms with Gasteiger partial charge in [0.05, 0.1) is 16.6 Å². The molecular formula is C14H11N3O2S. The van der Waals surface area contributed by atoms with E-state index in [1.165, 1.54) is 0 Å². The number of aromatic nitrogens is 3. The van der Waals surface area contributed by atoms with E-state index in [0.29, 0.717) is 11.7 Å². The SMILES string of the molecule is O=C(Cc1nc(-c2cnc3ccsc3c2)no1)C1CC1. The topological polar surface area (TPSA) is 68.9 Å². The smallest absolute Gasteiger partial charge is 0.234 e. The van der Waals surface area contributed by atoms with E-state index < -0.39 is 0 Å². The van der Waals surface area contributed by atoms with Crippen LogP contribution in [0.2, 0.25) is 0 Å². The molecule has 5 nitrogen and oxygen atoms in total. The Balaban J connectivity index is 1.61. The molecule has 3 aromatic heterocycles. The van der Waals surface area contributed by atoms with Crippen LogP contribution in [0.1, 0.15) is 18.7 Å². The highest BCUT2D eigenvalue weighted by molar-refractivity contribution is 7.17. The molecule has 3 aromatic rings. The molecule has 1 aliphatic carbocycles. The molecule has 0 N–H and O–H groups in total. The maximum absolute atomic E-state index is 11.7. The van der Waals surface area contributed by atoms with Gasteiger partial charge in [-0.2, -0.15) is 4.98 Å². The number of nitrogens with zero attached hydrogens (tertiary/aromatic N) is 3. The number of hydrogen-bond acceptors (Lipinski definition) is 6. The van der Waals surface area contributed by atoms with Gasteiger partial charge in [-0.1, -0.05) is 5.16 Å². The van der Waals surface area contributed by atoms with Crippen LogP contribution in [0.25, 0.3) is 21.6 Å². The summed E-state index contributed by atoms with van der Waals surface area (Å²) in [5.74, 6) is 1.30. The van der Waals surface area contributed by atoms with Gasteiger partial charge in [-0.15, -0.1) is 11.3 Å². The largest absolute Gasteiger partial charge is 0.338 e. The van der Waals surface area contributed by atoms with Gasteiger partial charge in [0.1, 0.15) is 5.78 Å². The molecule has 0 aromatic carbocycles. The van der Waals surface area contributed by atoms with Crippen LogP contribution in [0.3, 0.4) is 0 Å². The Bertz CT molecular complexity index is 788. The lowest BCUT2D eigenvalue weighted by Gasteiger charge is -1.93. The third kappa shape index (κ3) is 2.12. The van der Waals surface area contributed by atoms with Crippen molar-refractivity contribution < 1.29 is 9.32 Å². The van der Waals surface area contributed by atoms with Gasteiger partial charge in [-0.05, 0) is 30.4 Å². The average molecular weight is 285 g/mol. The number of hydrogen-bond donors (Lipinski definition) is 0. The van der Waals surface area contributed by atoms with E-state index in [0.717, 1.165) is 28.6 Å². The van der Waals surface area contributed by atoms with E-state index in [9.17, 15) is 4.79 Å². The monoisotopic (exact) mass is 285 g/mol. The van der Waals surface area contributed by atoms with Crippen molar-refractivity contribution in [1.29, 1.82) is 0 Å². The first kappa shape index (κ1) is 11.7. The van der Waals surface area contributed by atoms with E-state index in [1.807, 2.05) is 17.5 Å². The Hall–Kier alpha value is -2.08. The Labute approximate surface area is 118 Å². The molecule has 6 heteroatoms. The van der Waals surface area contributed by atoms with Crippen LogP contribution in [-0.2, 0) is 11.2 Å². The molecule has 0 saturated heterocycles. The predicted molar refractivity (Wildman–Crippen MR) is 74.3 cm³/mol. The lowest BCUT2D eigenvalue weighted by molar-refractivity contribution is -0.119. The minimum Gasteiger partial charge on any atom is -0.338 e. The van der Waals surface area contributed by atoms with Crippen molar-refractivity contribution in [3.8, 4) is 11.4 Å². The number of fused-ring (bicyclic) bond motifs is 1. The second kappa shape index (κ2) is 4.49. The van der Waals surface area contributed by atoms with Crippen molar-refractivity contribution in [1.82, 2.24) is 15.1 Å². The molecule has 0 atom stereocenters. The van der Waals surface area contributed by atoms with Gasteiger partial charge < -0.3 is 4.52 Å². The number of Topliss-reactive ketones (excluding diaryl/α,β-unsaturated/α-hetero) is 1. The molecule has 100 valence electrons. The quantitative estimate of drug-likeness (QED) is 0.737. The number of thiophene rings is 1. The minimum absolute atomic E-state index is 0.201. The summed E-state index contributed by atoms with van der Waals surface area (Å²) in [5.41, 5.74) is 1.78. The molecule has 0 unspecified atom stereocenters. The summed E-state index contributed by atoms with van der Waals surface area (Å²) < 4.78 is 6.24. The molecule has 4 rings (SSSR count). The number of pyridine rings is 1. The molecule has 20 heavy (non-hydrogen) atoms. The summed E-state index contributed by atoms with van der Waals surface area (Å²) >= 11 is 1.62. The standard InChI is InChI=1S/C14H11N3O2S/c18-11(8-1-2-8)6-13-16-14(17-19-13)9-5-12-10(15-7-9)3-4-20-12/h3-5,7-8H,1-2,6H2. The van der Waals surface area contributed by atoms with E-state index in [1.54, 1.807) is 17.5 Å². The second-order valence-electron chi connectivity index (χ2n) is 4.96. The molecule has 3 heterocycles. The summed E-state index contributed by atoms with van der Waals surface area (Å²) in [4.78, 5) is 20.4. The van der Waals surface area contributed by atoms with Crippen molar-refractivity contribution in [2.45, 2.75) is 19.3 Å². The fourth-order valence-electron chi connectivity index (χ4n) is 2.11. The first-order valence-electron chi connectivity index (χ1n) is 6.48. The van der Waals surface area contributed by atoms with Crippen molar-refractivity contribution in [2.75, 3.05) is 0 Å². The molecule has 0 bridgehead atoms. The number of ketones is 1.